The molecule has 0 aromatic carbocycles. The molecule has 1 aromatic rings. The Labute approximate surface area is 61.1 Å². The molecule has 0 fully saturated rings. The molecule has 0 amide bonds. The molecule has 0 bridgehead atoms. The third kappa shape index (κ3) is 1.47. The fourth-order valence-electron chi connectivity index (χ4n) is 0.932. The number of nitrogens with two attached hydrogens (primary N) is 1. The van der Waals surface area contributed by atoms with Crippen LogP contribution < -0.4 is 5.73 Å². The van der Waals surface area contributed by atoms with Gasteiger partial charge in [0, 0.05) is 6.20 Å². The van der Waals surface area contributed by atoms with Crippen molar-refractivity contribution in [2.75, 3.05) is 5.73 Å². The average Bonchev–Trinajstić information content (AvgIpc) is 1.94. The Bertz CT molecular complexity index is 208. The number of anilines is 1. The lowest BCUT2D eigenvalue weighted by Crippen LogP contribution is -1.95. The molecule has 0 radical (unpaired) electrons. The molecule has 54 valence electrons. The van der Waals surface area contributed by atoms with Gasteiger partial charge in [0.25, 0.3) is 0 Å². The number of hydrogen-bond acceptors (Lipinski definition) is 2. The van der Waals surface area contributed by atoms with Crippen molar-refractivity contribution in [3.05, 3.63) is 23.9 Å². The number of rotatable bonds is 2. The average molecular weight is 136 g/mol. The molecule has 0 unspecified atom stereocenters. The Hall–Kier alpha value is -1.05. The van der Waals surface area contributed by atoms with Gasteiger partial charge >= 0.3 is 0 Å². The minimum atomic E-state index is 0.671. The molecular weight excluding hydrogens is 124 g/mol. The summed E-state index contributed by atoms with van der Waals surface area (Å²) in [4.78, 5) is 3.98. The highest BCUT2D eigenvalue weighted by molar-refractivity contribution is 5.38. The Kier molecular flexibility index (Phi) is 2.26. The van der Waals surface area contributed by atoms with Crippen LogP contribution in [0.15, 0.2) is 18.3 Å². The van der Waals surface area contributed by atoms with E-state index in [1.54, 1.807) is 6.20 Å². The summed E-state index contributed by atoms with van der Waals surface area (Å²) in [5.41, 5.74) is 6.75. The van der Waals surface area contributed by atoms with Gasteiger partial charge in [0.05, 0.1) is 0 Å². The molecule has 10 heavy (non-hydrogen) atoms. The summed E-state index contributed by atoms with van der Waals surface area (Å²) < 4.78 is 0. The van der Waals surface area contributed by atoms with Gasteiger partial charge in [-0.2, -0.15) is 0 Å². The highest BCUT2D eigenvalue weighted by Gasteiger charge is 1.94. The van der Waals surface area contributed by atoms with Crippen molar-refractivity contribution in [1.82, 2.24) is 4.98 Å². The molecule has 0 aliphatic rings. The van der Waals surface area contributed by atoms with Gasteiger partial charge in [-0.25, -0.2) is 4.98 Å². The maximum Gasteiger partial charge on any atom is 0.126 e. The molecule has 0 aliphatic heterocycles. The maximum atomic E-state index is 5.60. The van der Waals surface area contributed by atoms with Crippen molar-refractivity contribution in [3.8, 4) is 0 Å². The van der Waals surface area contributed by atoms with Crippen molar-refractivity contribution >= 4 is 5.82 Å². The first-order valence-corrected chi connectivity index (χ1v) is 3.54. The van der Waals surface area contributed by atoms with Crippen molar-refractivity contribution in [2.24, 2.45) is 0 Å². The van der Waals surface area contributed by atoms with Gasteiger partial charge in [-0.1, -0.05) is 19.4 Å². The highest BCUT2D eigenvalue weighted by atomic mass is 14.8. The topological polar surface area (TPSA) is 38.9 Å². The van der Waals surface area contributed by atoms with E-state index in [1.165, 1.54) is 0 Å². The lowest BCUT2D eigenvalue weighted by atomic mass is 10.1. The Morgan fingerprint density at radius 3 is 3.00 bits per heavy atom. The molecule has 2 nitrogen and oxygen atoms in total. The van der Waals surface area contributed by atoms with Gasteiger partial charge in [-0.3, -0.25) is 0 Å². The van der Waals surface area contributed by atoms with Gasteiger partial charge in [0.1, 0.15) is 5.82 Å². The van der Waals surface area contributed by atoms with Gasteiger partial charge in [0.2, 0.25) is 0 Å². The van der Waals surface area contributed by atoms with Crippen molar-refractivity contribution in [2.45, 2.75) is 19.8 Å². The van der Waals surface area contributed by atoms with E-state index in [-0.39, 0.29) is 0 Å². The molecule has 2 N–H and O–H groups in total. The molecule has 1 aromatic heterocycles. The van der Waals surface area contributed by atoms with Crippen molar-refractivity contribution in [3.63, 3.8) is 0 Å². The maximum absolute atomic E-state index is 5.60. The third-order valence-electron chi connectivity index (χ3n) is 1.45. The summed E-state index contributed by atoms with van der Waals surface area (Å²) in [6.07, 6.45) is 3.87. The fourth-order valence-corrected chi connectivity index (χ4v) is 0.932. The Balaban J connectivity index is 2.81. The van der Waals surface area contributed by atoms with E-state index in [9.17, 15) is 0 Å². The second-order valence-electron chi connectivity index (χ2n) is 2.30. The lowest BCUT2D eigenvalue weighted by molar-refractivity contribution is 0.918. The Morgan fingerprint density at radius 2 is 2.40 bits per heavy atom. The van der Waals surface area contributed by atoms with Crippen molar-refractivity contribution < 1.29 is 0 Å². The van der Waals surface area contributed by atoms with Crippen LogP contribution in [-0.2, 0) is 6.42 Å². The zero-order valence-electron chi connectivity index (χ0n) is 6.17. The lowest BCUT2D eigenvalue weighted by Gasteiger charge is -1.99. The minimum Gasteiger partial charge on any atom is -0.383 e. The van der Waals surface area contributed by atoms with Gasteiger partial charge in [-0.05, 0) is 18.1 Å². The summed E-state index contributed by atoms with van der Waals surface area (Å²) in [5.74, 6) is 0.671. The van der Waals surface area contributed by atoms with E-state index >= 15 is 0 Å². The van der Waals surface area contributed by atoms with E-state index in [4.69, 9.17) is 5.73 Å². The molecule has 2 heteroatoms. The second kappa shape index (κ2) is 3.20. The number of aromatic nitrogens is 1. The zero-order valence-corrected chi connectivity index (χ0v) is 6.17. The van der Waals surface area contributed by atoms with Crippen LogP contribution >= 0.6 is 0 Å². The van der Waals surface area contributed by atoms with Crippen LogP contribution in [0.1, 0.15) is 18.9 Å². The van der Waals surface area contributed by atoms with Gasteiger partial charge in [-0.15, -0.1) is 0 Å². The van der Waals surface area contributed by atoms with Crippen LogP contribution in [0.4, 0.5) is 5.82 Å². The van der Waals surface area contributed by atoms with E-state index < -0.39 is 0 Å². The summed E-state index contributed by atoms with van der Waals surface area (Å²) in [5, 5.41) is 0. The molecule has 1 rings (SSSR count). The molecule has 0 aliphatic carbocycles. The summed E-state index contributed by atoms with van der Waals surface area (Å²) in [6.45, 7) is 2.13. The van der Waals surface area contributed by atoms with Gasteiger partial charge < -0.3 is 5.73 Å². The molecule has 1 heterocycles. The molecular formula is C8H12N2. The quantitative estimate of drug-likeness (QED) is 0.671. The predicted octanol–water partition coefficient (Wildman–Crippen LogP) is 1.62. The van der Waals surface area contributed by atoms with Crippen LogP contribution in [0, 0.1) is 0 Å². The predicted molar refractivity (Wildman–Crippen MR) is 42.6 cm³/mol. The number of pyridine rings is 1. The largest absolute Gasteiger partial charge is 0.383 e. The first-order chi connectivity index (χ1) is 4.84. The normalized spacial score (nSPS) is 9.70. The zero-order chi connectivity index (χ0) is 7.40. The molecule has 0 spiro atoms. The van der Waals surface area contributed by atoms with E-state index in [0.717, 1.165) is 18.4 Å². The third-order valence-corrected chi connectivity index (χ3v) is 1.45. The van der Waals surface area contributed by atoms with E-state index in [0.29, 0.717) is 5.82 Å². The molecule has 0 saturated carbocycles. The summed E-state index contributed by atoms with van der Waals surface area (Å²) in [6, 6.07) is 3.94. The number of aryl methyl sites for hydroxylation is 1. The molecule has 0 saturated heterocycles. The first kappa shape index (κ1) is 7.06. The summed E-state index contributed by atoms with van der Waals surface area (Å²) in [7, 11) is 0. The minimum absolute atomic E-state index is 0.671. The monoisotopic (exact) mass is 136 g/mol. The van der Waals surface area contributed by atoms with Gasteiger partial charge in [0.15, 0.2) is 0 Å². The number of hydrogen-bond donors (Lipinski definition) is 1. The van der Waals surface area contributed by atoms with Crippen LogP contribution in [0.25, 0.3) is 0 Å². The van der Waals surface area contributed by atoms with Crippen LogP contribution in [-0.4, -0.2) is 4.98 Å². The smallest absolute Gasteiger partial charge is 0.126 e. The summed E-state index contributed by atoms with van der Waals surface area (Å²) >= 11 is 0. The van der Waals surface area contributed by atoms with E-state index in [2.05, 4.69) is 11.9 Å². The standard InChI is InChI=1S/C8H12N2/c1-2-4-7-5-3-6-10-8(7)9/h3,5-6H,2,4H2,1H3,(H2,9,10). The highest BCUT2D eigenvalue weighted by Crippen LogP contribution is 2.08. The van der Waals surface area contributed by atoms with E-state index in [1.807, 2.05) is 12.1 Å². The van der Waals surface area contributed by atoms with Crippen molar-refractivity contribution in [1.29, 1.82) is 0 Å². The first-order valence-electron chi connectivity index (χ1n) is 3.54. The fraction of sp³-hybridized carbons (Fsp3) is 0.375. The Morgan fingerprint density at radius 1 is 1.60 bits per heavy atom. The number of nitrogens with zero attached hydrogens (tertiary/aromatic N) is 1. The van der Waals surface area contributed by atoms with Crippen LogP contribution in [0.2, 0.25) is 0 Å². The van der Waals surface area contributed by atoms with Crippen LogP contribution in [0.3, 0.4) is 0 Å². The SMILES string of the molecule is CCCc1cccnc1N. The molecule has 0 atom stereocenters. The van der Waals surface area contributed by atoms with Crippen LogP contribution in [0.5, 0.6) is 0 Å². The number of nitrogen functional groups attached to an aromatic ring is 1. The second-order valence-corrected chi connectivity index (χ2v) is 2.30.